The highest BCUT2D eigenvalue weighted by Crippen LogP contribution is 2.23. The third kappa shape index (κ3) is 4.04. The van der Waals surface area contributed by atoms with E-state index in [2.05, 4.69) is 25.2 Å². The molecule has 0 radical (unpaired) electrons. The van der Waals surface area contributed by atoms with Crippen LogP contribution in [0.4, 0.5) is 0 Å². The average molecular weight is 233 g/mol. The van der Waals surface area contributed by atoms with Crippen molar-refractivity contribution < 1.29 is 5.11 Å². The summed E-state index contributed by atoms with van der Waals surface area (Å²) >= 11 is 0. The second-order valence-electron chi connectivity index (χ2n) is 5.56. The van der Waals surface area contributed by atoms with E-state index in [-0.39, 0.29) is 0 Å². The van der Waals surface area contributed by atoms with Gasteiger partial charge in [-0.1, -0.05) is 26.0 Å². The molecule has 0 amide bonds. The first kappa shape index (κ1) is 12.4. The Bertz CT molecular complexity index is 358. The molecular formula is C15H23NO. The molecule has 2 rings (SSSR count). The molecule has 0 heterocycles. The summed E-state index contributed by atoms with van der Waals surface area (Å²) in [5.41, 5.74) is 1.24. The minimum absolute atomic E-state index is 0.375. The van der Waals surface area contributed by atoms with Crippen LogP contribution in [-0.4, -0.2) is 17.7 Å². The molecule has 0 aliphatic heterocycles. The zero-order valence-corrected chi connectivity index (χ0v) is 10.8. The largest absolute Gasteiger partial charge is 0.508 e. The Hall–Kier alpha value is -1.02. The minimum Gasteiger partial charge on any atom is -0.508 e. The van der Waals surface area contributed by atoms with Crippen LogP contribution in [0, 0.1) is 11.8 Å². The van der Waals surface area contributed by atoms with E-state index in [4.69, 9.17) is 0 Å². The molecule has 1 atom stereocenters. The van der Waals surface area contributed by atoms with Gasteiger partial charge in [0.05, 0.1) is 0 Å². The molecule has 17 heavy (non-hydrogen) atoms. The Morgan fingerprint density at radius 3 is 2.71 bits per heavy atom. The molecule has 1 fully saturated rings. The van der Waals surface area contributed by atoms with E-state index in [0.29, 0.717) is 17.6 Å². The van der Waals surface area contributed by atoms with E-state index < -0.39 is 0 Å². The summed E-state index contributed by atoms with van der Waals surface area (Å²) in [7, 11) is 0. The Morgan fingerprint density at radius 2 is 2.12 bits per heavy atom. The number of aromatic hydroxyl groups is 1. The van der Waals surface area contributed by atoms with Gasteiger partial charge >= 0.3 is 0 Å². The molecule has 1 aromatic carbocycles. The number of phenolic OH excluding ortho intramolecular Hbond substituents is 1. The monoisotopic (exact) mass is 233 g/mol. The molecule has 0 spiro atoms. The van der Waals surface area contributed by atoms with Crippen LogP contribution < -0.4 is 5.32 Å². The Balaban J connectivity index is 1.91. The third-order valence-corrected chi connectivity index (χ3v) is 3.60. The minimum atomic E-state index is 0.375. The lowest BCUT2D eigenvalue weighted by molar-refractivity contribution is 0.359. The van der Waals surface area contributed by atoms with Crippen molar-refractivity contribution in [3.8, 4) is 5.75 Å². The van der Waals surface area contributed by atoms with Crippen LogP contribution in [0.5, 0.6) is 5.75 Å². The maximum absolute atomic E-state index is 9.48. The zero-order chi connectivity index (χ0) is 12.3. The second-order valence-corrected chi connectivity index (χ2v) is 5.56. The number of phenols is 1. The van der Waals surface area contributed by atoms with Crippen molar-refractivity contribution in [3.63, 3.8) is 0 Å². The molecular weight excluding hydrogens is 210 g/mol. The van der Waals surface area contributed by atoms with Crippen molar-refractivity contribution >= 4 is 0 Å². The van der Waals surface area contributed by atoms with Crippen molar-refractivity contribution in [2.45, 2.75) is 39.2 Å². The van der Waals surface area contributed by atoms with Crippen LogP contribution in [-0.2, 0) is 6.42 Å². The van der Waals surface area contributed by atoms with Gasteiger partial charge in [-0.2, -0.15) is 0 Å². The van der Waals surface area contributed by atoms with Crippen LogP contribution in [0.25, 0.3) is 0 Å². The molecule has 0 bridgehead atoms. The number of benzene rings is 1. The van der Waals surface area contributed by atoms with Gasteiger partial charge in [-0.15, -0.1) is 0 Å². The molecule has 2 N–H and O–H groups in total. The Kier molecular flexibility index (Phi) is 4.06. The normalized spacial score (nSPS) is 17.4. The maximum Gasteiger partial charge on any atom is 0.115 e. The zero-order valence-electron chi connectivity index (χ0n) is 10.8. The number of hydrogen-bond acceptors (Lipinski definition) is 2. The standard InChI is InChI=1S/C15H23NO/c1-11(2)13(10-16-14-6-7-14)8-12-4-3-5-15(17)9-12/h3-5,9,11,13-14,16-17H,6-8,10H2,1-2H3. The van der Waals surface area contributed by atoms with E-state index in [1.165, 1.54) is 18.4 Å². The van der Waals surface area contributed by atoms with Gasteiger partial charge in [0, 0.05) is 6.04 Å². The predicted molar refractivity (Wildman–Crippen MR) is 71.2 cm³/mol. The van der Waals surface area contributed by atoms with Gasteiger partial charge in [0.1, 0.15) is 5.75 Å². The van der Waals surface area contributed by atoms with Crippen molar-refractivity contribution in [3.05, 3.63) is 29.8 Å². The lowest BCUT2D eigenvalue weighted by atomic mass is 9.89. The van der Waals surface area contributed by atoms with Gasteiger partial charge in [0.25, 0.3) is 0 Å². The van der Waals surface area contributed by atoms with Crippen molar-refractivity contribution in [2.24, 2.45) is 11.8 Å². The highest BCUT2D eigenvalue weighted by atomic mass is 16.3. The van der Waals surface area contributed by atoms with Gasteiger partial charge in [-0.05, 0) is 55.3 Å². The first-order chi connectivity index (χ1) is 8.15. The fourth-order valence-electron chi connectivity index (χ4n) is 2.14. The molecule has 2 heteroatoms. The summed E-state index contributed by atoms with van der Waals surface area (Å²) in [6.45, 7) is 5.65. The van der Waals surface area contributed by atoms with Crippen molar-refractivity contribution in [1.82, 2.24) is 5.32 Å². The number of nitrogens with one attached hydrogen (secondary N) is 1. The number of hydrogen-bond donors (Lipinski definition) is 2. The summed E-state index contributed by atoms with van der Waals surface area (Å²) in [4.78, 5) is 0. The predicted octanol–water partition coefficient (Wildman–Crippen LogP) is 2.96. The van der Waals surface area contributed by atoms with E-state index in [1.807, 2.05) is 12.1 Å². The van der Waals surface area contributed by atoms with Gasteiger partial charge in [-0.3, -0.25) is 0 Å². The number of rotatable bonds is 6. The van der Waals surface area contributed by atoms with Gasteiger partial charge in [0.15, 0.2) is 0 Å². The van der Waals surface area contributed by atoms with E-state index >= 15 is 0 Å². The van der Waals surface area contributed by atoms with Crippen LogP contribution in [0.1, 0.15) is 32.3 Å². The SMILES string of the molecule is CC(C)C(CNC1CC1)Cc1cccc(O)c1. The maximum atomic E-state index is 9.48. The lowest BCUT2D eigenvalue weighted by Crippen LogP contribution is -2.29. The molecule has 1 aliphatic carbocycles. The molecule has 0 aromatic heterocycles. The topological polar surface area (TPSA) is 32.3 Å². The van der Waals surface area contributed by atoms with Gasteiger partial charge < -0.3 is 10.4 Å². The quantitative estimate of drug-likeness (QED) is 0.791. The molecule has 1 saturated carbocycles. The summed E-state index contributed by atoms with van der Waals surface area (Å²) < 4.78 is 0. The summed E-state index contributed by atoms with van der Waals surface area (Å²) in [6, 6.07) is 8.42. The molecule has 94 valence electrons. The lowest BCUT2D eigenvalue weighted by Gasteiger charge is -2.21. The average Bonchev–Trinajstić information content (AvgIpc) is 3.07. The molecule has 1 aliphatic rings. The molecule has 2 nitrogen and oxygen atoms in total. The van der Waals surface area contributed by atoms with Crippen molar-refractivity contribution in [2.75, 3.05) is 6.54 Å². The van der Waals surface area contributed by atoms with Crippen LogP contribution in [0.3, 0.4) is 0 Å². The fourth-order valence-corrected chi connectivity index (χ4v) is 2.14. The van der Waals surface area contributed by atoms with E-state index in [0.717, 1.165) is 19.0 Å². The van der Waals surface area contributed by atoms with Crippen LogP contribution >= 0.6 is 0 Å². The van der Waals surface area contributed by atoms with Crippen molar-refractivity contribution in [1.29, 1.82) is 0 Å². The first-order valence-electron chi connectivity index (χ1n) is 6.66. The second kappa shape index (κ2) is 5.54. The third-order valence-electron chi connectivity index (χ3n) is 3.60. The van der Waals surface area contributed by atoms with Crippen LogP contribution in [0.2, 0.25) is 0 Å². The molecule has 1 aromatic rings. The molecule has 1 unspecified atom stereocenters. The Morgan fingerprint density at radius 1 is 1.35 bits per heavy atom. The summed E-state index contributed by atoms with van der Waals surface area (Å²) in [6.07, 6.45) is 3.74. The fraction of sp³-hybridized carbons (Fsp3) is 0.600. The van der Waals surface area contributed by atoms with E-state index in [1.54, 1.807) is 6.07 Å². The summed E-state index contributed by atoms with van der Waals surface area (Å²) in [5, 5.41) is 13.1. The van der Waals surface area contributed by atoms with Gasteiger partial charge in [-0.25, -0.2) is 0 Å². The molecule has 0 saturated heterocycles. The first-order valence-corrected chi connectivity index (χ1v) is 6.66. The summed E-state index contributed by atoms with van der Waals surface area (Å²) in [5.74, 6) is 1.70. The smallest absolute Gasteiger partial charge is 0.115 e. The van der Waals surface area contributed by atoms with Crippen LogP contribution in [0.15, 0.2) is 24.3 Å². The van der Waals surface area contributed by atoms with Gasteiger partial charge in [0.2, 0.25) is 0 Å². The highest BCUT2D eigenvalue weighted by Gasteiger charge is 2.23. The Labute approximate surface area is 104 Å². The highest BCUT2D eigenvalue weighted by molar-refractivity contribution is 5.27. The van der Waals surface area contributed by atoms with E-state index in [9.17, 15) is 5.11 Å².